The fourth-order valence-corrected chi connectivity index (χ4v) is 5.43. The van der Waals surface area contributed by atoms with Crippen molar-refractivity contribution in [3.05, 3.63) is 30.1 Å². The first-order valence-electron chi connectivity index (χ1n) is 9.80. The molecule has 2 heterocycles. The molecule has 0 aliphatic carbocycles. The maximum atomic E-state index is 13.0. The van der Waals surface area contributed by atoms with E-state index in [4.69, 9.17) is 0 Å². The quantitative estimate of drug-likeness (QED) is 0.755. The summed E-state index contributed by atoms with van der Waals surface area (Å²) in [4.78, 5) is 14.2. The first-order valence-corrected chi connectivity index (χ1v) is 11.2. The van der Waals surface area contributed by atoms with Gasteiger partial charge < -0.3 is 10.2 Å². The third-order valence-corrected chi connectivity index (χ3v) is 7.73. The number of piperidine rings is 2. The van der Waals surface area contributed by atoms with Crippen LogP contribution in [0.1, 0.15) is 32.6 Å². The highest BCUT2D eigenvalue weighted by molar-refractivity contribution is 7.89. The molecule has 2 saturated heterocycles. The zero-order valence-electron chi connectivity index (χ0n) is 15.8. The minimum absolute atomic E-state index is 0.0544. The van der Waals surface area contributed by atoms with Crippen LogP contribution in [0.5, 0.6) is 0 Å². The molecule has 1 amide bonds. The molecule has 8 heteroatoms. The summed E-state index contributed by atoms with van der Waals surface area (Å²) in [7, 11) is -3.63. The highest BCUT2D eigenvalue weighted by Gasteiger charge is 2.33. The third kappa shape index (κ3) is 4.86. The van der Waals surface area contributed by atoms with Crippen LogP contribution in [0.25, 0.3) is 0 Å². The zero-order valence-corrected chi connectivity index (χ0v) is 16.6. The van der Waals surface area contributed by atoms with Gasteiger partial charge in [0.15, 0.2) is 0 Å². The Morgan fingerprint density at radius 3 is 2.30 bits per heavy atom. The lowest BCUT2D eigenvalue weighted by atomic mass is 9.96. The number of rotatable bonds is 5. The van der Waals surface area contributed by atoms with Crippen molar-refractivity contribution in [1.29, 1.82) is 0 Å². The highest BCUT2D eigenvalue weighted by atomic mass is 32.2. The molecule has 3 rings (SSSR count). The maximum Gasteiger partial charge on any atom is 0.243 e. The van der Waals surface area contributed by atoms with Crippen LogP contribution in [0.4, 0.5) is 4.39 Å². The Bertz CT molecular complexity index is 738. The average Bonchev–Trinajstić information content (AvgIpc) is 2.69. The number of quaternary nitrogens is 1. The summed E-state index contributed by atoms with van der Waals surface area (Å²) in [5, 5.41) is 3.16. The number of hydrogen-bond donors (Lipinski definition) is 2. The first-order chi connectivity index (χ1) is 12.9. The minimum Gasteiger partial charge on any atom is -0.353 e. The van der Waals surface area contributed by atoms with E-state index in [1.807, 2.05) is 0 Å². The number of likely N-dealkylation sites (tertiary alicyclic amines) is 1. The van der Waals surface area contributed by atoms with E-state index in [9.17, 15) is 17.6 Å². The molecule has 0 aromatic heterocycles. The molecule has 1 aromatic rings. The van der Waals surface area contributed by atoms with E-state index >= 15 is 0 Å². The first kappa shape index (κ1) is 20.2. The van der Waals surface area contributed by atoms with Gasteiger partial charge in [0.2, 0.25) is 15.9 Å². The lowest BCUT2D eigenvalue weighted by Crippen LogP contribution is -3.13. The topological polar surface area (TPSA) is 70.9 Å². The normalized spacial score (nSPS) is 25.3. The molecule has 1 aromatic carbocycles. The molecule has 0 radical (unpaired) electrons. The van der Waals surface area contributed by atoms with Crippen molar-refractivity contribution in [3.63, 3.8) is 0 Å². The molecular weight excluding hydrogens is 369 g/mol. The summed E-state index contributed by atoms with van der Waals surface area (Å²) < 4.78 is 39.7. The van der Waals surface area contributed by atoms with Gasteiger partial charge in [-0.3, -0.25) is 4.79 Å². The predicted molar refractivity (Wildman–Crippen MR) is 100 cm³/mol. The van der Waals surface area contributed by atoms with E-state index in [1.54, 1.807) is 4.90 Å². The third-order valence-electron chi connectivity index (χ3n) is 5.82. The smallest absolute Gasteiger partial charge is 0.243 e. The zero-order chi connectivity index (χ0) is 19.4. The van der Waals surface area contributed by atoms with Gasteiger partial charge in [0.1, 0.15) is 5.82 Å². The summed E-state index contributed by atoms with van der Waals surface area (Å²) in [6, 6.07) is 5.12. The average molecular weight is 399 g/mol. The Balaban J connectivity index is 1.51. The molecular formula is C19H29FN3O3S+. The van der Waals surface area contributed by atoms with Gasteiger partial charge in [-0.2, -0.15) is 4.31 Å². The number of nitrogens with zero attached hydrogens (tertiary/aromatic N) is 1. The van der Waals surface area contributed by atoms with Crippen LogP contribution in [0.3, 0.4) is 0 Å². The molecule has 0 unspecified atom stereocenters. The lowest BCUT2D eigenvalue weighted by Gasteiger charge is -2.33. The number of carbonyl (C=O) groups is 1. The molecule has 0 spiro atoms. The maximum absolute atomic E-state index is 13.0. The van der Waals surface area contributed by atoms with Gasteiger partial charge in [0.05, 0.1) is 24.5 Å². The van der Waals surface area contributed by atoms with Crippen molar-refractivity contribution >= 4 is 15.9 Å². The van der Waals surface area contributed by atoms with Crippen molar-refractivity contribution in [2.45, 2.75) is 43.5 Å². The van der Waals surface area contributed by atoms with Crippen molar-refractivity contribution in [2.24, 2.45) is 5.92 Å². The Kier molecular flexibility index (Phi) is 6.49. The van der Waals surface area contributed by atoms with Crippen LogP contribution in [-0.4, -0.2) is 57.4 Å². The van der Waals surface area contributed by atoms with Crippen molar-refractivity contribution in [2.75, 3.05) is 32.7 Å². The fourth-order valence-electron chi connectivity index (χ4n) is 3.96. The number of carbonyl (C=O) groups excluding carboxylic acids is 1. The molecule has 0 bridgehead atoms. The SMILES string of the molecule is CC[NH+]1CCC(NC(=O)C2CCN(S(=O)(=O)c3ccc(F)cc3)CC2)CC1. The summed E-state index contributed by atoms with van der Waals surface area (Å²) in [5.74, 6) is -0.546. The molecule has 6 nitrogen and oxygen atoms in total. The largest absolute Gasteiger partial charge is 0.353 e. The van der Waals surface area contributed by atoms with Gasteiger partial charge in [-0.25, -0.2) is 12.8 Å². The van der Waals surface area contributed by atoms with Gasteiger partial charge in [-0.15, -0.1) is 0 Å². The summed E-state index contributed by atoms with van der Waals surface area (Å²) in [6.07, 6.45) is 3.05. The Hall–Kier alpha value is -1.51. The number of hydrogen-bond acceptors (Lipinski definition) is 3. The second-order valence-corrected chi connectivity index (χ2v) is 9.46. The second-order valence-electron chi connectivity index (χ2n) is 7.52. The van der Waals surface area contributed by atoms with Crippen LogP contribution in [0, 0.1) is 11.7 Å². The summed E-state index contributed by atoms with van der Waals surface area (Å²) >= 11 is 0. The van der Waals surface area contributed by atoms with Gasteiger partial charge in [-0.05, 0) is 44.0 Å². The van der Waals surface area contributed by atoms with Crippen LogP contribution < -0.4 is 10.2 Å². The predicted octanol–water partition coefficient (Wildman–Crippen LogP) is 0.410. The molecule has 0 atom stereocenters. The van der Waals surface area contributed by atoms with Crippen molar-refractivity contribution in [3.8, 4) is 0 Å². The van der Waals surface area contributed by atoms with Crippen LogP contribution in [-0.2, 0) is 14.8 Å². The van der Waals surface area contributed by atoms with E-state index < -0.39 is 15.8 Å². The van der Waals surface area contributed by atoms with E-state index in [-0.39, 0.29) is 22.8 Å². The Labute approximate surface area is 160 Å². The molecule has 0 saturated carbocycles. The van der Waals surface area contributed by atoms with E-state index in [0.29, 0.717) is 25.9 Å². The highest BCUT2D eigenvalue weighted by Crippen LogP contribution is 2.24. The lowest BCUT2D eigenvalue weighted by molar-refractivity contribution is -0.903. The van der Waals surface area contributed by atoms with Gasteiger partial charge in [-0.1, -0.05) is 0 Å². The minimum atomic E-state index is -3.63. The van der Waals surface area contributed by atoms with Gasteiger partial charge in [0, 0.05) is 37.9 Å². The van der Waals surface area contributed by atoms with Crippen LogP contribution >= 0.6 is 0 Å². The molecule has 2 N–H and O–H groups in total. The summed E-state index contributed by atoms with van der Waals surface area (Å²) in [6.45, 7) is 6.13. The number of sulfonamides is 1. The number of halogens is 1. The fraction of sp³-hybridized carbons (Fsp3) is 0.632. The van der Waals surface area contributed by atoms with E-state index in [0.717, 1.165) is 44.6 Å². The standard InChI is InChI=1S/C19H28FN3O3S/c1-2-22-11-9-17(10-12-22)21-19(24)15-7-13-23(14-8-15)27(25,26)18-5-3-16(20)4-6-18/h3-6,15,17H,2,7-14H2,1H3,(H,21,24)/p+1. The van der Waals surface area contributed by atoms with Crippen molar-refractivity contribution in [1.82, 2.24) is 9.62 Å². The van der Waals surface area contributed by atoms with Crippen LogP contribution in [0.15, 0.2) is 29.2 Å². The monoisotopic (exact) mass is 398 g/mol. The van der Waals surface area contributed by atoms with E-state index in [1.165, 1.54) is 16.4 Å². The number of benzene rings is 1. The molecule has 2 aliphatic rings. The Morgan fingerprint density at radius 1 is 1.15 bits per heavy atom. The van der Waals surface area contributed by atoms with Crippen molar-refractivity contribution < 1.29 is 22.5 Å². The second kappa shape index (κ2) is 8.67. The number of amides is 1. The van der Waals surface area contributed by atoms with Gasteiger partial charge in [0.25, 0.3) is 0 Å². The van der Waals surface area contributed by atoms with E-state index in [2.05, 4.69) is 12.2 Å². The molecule has 150 valence electrons. The van der Waals surface area contributed by atoms with Gasteiger partial charge >= 0.3 is 0 Å². The molecule has 2 aliphatic heterocycles. The molecule has 2 fully saturated rings. The number of nitrogens with one attached hydrogen (secondary N) is 2. The Morgan fingerprint density at radius 2 is 1.74 bits per heavy atom. The molecule has 27 heavy (non-hydrogen) atoms. The van der Waals surface area contributed by atoms with Crippen LogP contribution in [0.2, 0.25) is 0 Å². The summed E-state index contributed by atoms with van der Waals surface area (Å²) in [5.41, 5.74) is 0.